The lowest BCUT2D eigenvalue weighted by atomic mass is 10.0. The molecule has 2 heterocycles. The van der Waals surface area contributed by atoms with Gasteiger partial charge in [-0.1, -0.05) is 6.92 Å². The summed E-state index contributed by atoms with van der Waals surface area (Å²) < 4.78 is 10.9. The van der Waals surface area contributed by atoms with Gasteiger partial charge < -0.3 is 19.6 Å². The predicted molar refractivity (Wildman–Crippen MR) is 64.9 cm³/mol. The first-order chi connectivity index (χ1) is 8.13. The summed E-state index contributed by atoms with van der Waals surface area (Å²) in [5.41, 5.74) is -0.714. The largest absolute Gasteiger partial charge is 0.464 e. The van der Waals surface area contributed by atoms with Gasteiger partial charge in [0.25, 0.3) is 0 Å². The molecule has 0 spiro atoms. The molecule has 2 N–H and O–H groups in total. The number of ether oxygens (including phenoxy) is 1. The first-order valence-corrected chi connectivity index (χ1v) is 6.25. The number of furan rings is 1. The Kier molecular flexibility index (Phi) is 3.86. The van der Waals surface area contributed by atoms with Gasteiger partial charge >= 0.3 is 0 Å². The van der Waals surface area contributed by atoms with Crippen LogP contribution in [0.25, 0.3) is 0 Å². The molecule has 1 aliphatic rings. The maximum absolute atomic E-state index is 10.1. The molecule has 0 radical (unpaired) electrons. The second-order valence-electron chi connectivity index (χ2n) is 4.79. The van der Waals surface area contributed by atoms with Gasteiger partial charge in [0.15, 0.2) is 0 Å². The summed E-state index contributed by atoms with van der Waals surface area (Å²) in [6.07, 6.45) is 1.61. The number of hydrogen-bond acceptors (Lipinski definition) is 4. The molecule has 2 rings (SSSR count). The molecule has 96 valence electrons. The predicted octanol–water partition coefficient (Wildman–Crippen LogP) is 1.64. The van der Waals surface area contributed by atoms with Crippen LogP contribution in [0.5, 0.6) is 0 Å². The van der Waals surface area contributed by atoms with Crippen LogP contribution in [-0.2, 0) is 11.2 Å². The molecule has 0 bridgehead atoms. The summed E-state index contributed by atoms with van der Waals surface area (Å²) in [5, 5.41) is 13.4. The third-order valence-electron chi connectivity index (χ3n) is 3.28. The summed E-state index contributed by atoms with van der Waals surface area (Å²) in [7, 11) is 0. The van der Waals surface area contributed by atoms with E-state index in [2.05, 4.69) is 12.2 Å². The third kappa shape index (κ3) is 3.09. The average Bonchev–Trinajstić information content (AvgIpc) is 2.95. The van der Waals surface area contributed by atoms with Crippen molar-refractivity contribution in [3.8, 4) is 0 Å². The Balaban J connectivity index is 1.86. The fourth-order valence-electron chi connectivity index (χ4n) is 2.00. The average molecular weight is 239 g/mol. The standard InChI is InChI=1S/C13H21NO3/c1-3-11-4-5-12(17-11)10(2)14-8-13(15)6-7-16-9-13/h4-5,10,14-15H,3,6-9H2,1-2H3/t10-,13+/m0/s1. The molecule has 0 aromatic carbocycles. The molecule has 0 saturated carbocycles. The zero-order valence-electron chi connectivity index (χ0n) is 10.5. The van der Waals surface area contributed by atoms with Crippen LogP contribution in [0.2, 0.25) is 0 Å². The van der Waals surface area contributed by atoms with Crippen molar-refractivity contribution in [3.05, 3.63) is 23.7 Å². The lowest BCUT2D eigenvalue weighted by Gasteiger charge is -2.23. The van der Waals surface area contributed by atoms with Crippen LogP contribution in [0.15, 0.2) is 16.5 Å². The van der Waals surface area contributed by atoms with E-state index < -0.39 is 5.60 Å². The van der Waals surface area contributed by atoms with E-state index in [1.54, 1.807) is 0 Å². The number of aryl methyl sites for hydroxylation is 1. The van der Waals surface area contributed by atoms with Crippen molar-refractivity contribution >= 4 is 0 Å². The molecule has 0 amide bonds. The van der Waals surface area contributed by atoms with E-state index >= 15 is 0 Å². The monoisotopic (exact) mass is 239 g/mol. The Hall–Kier alpha value is -0.840. The van der Waals surface area contributed by atoms with Gasteiger partial charge in [-0.3, -0.25) is 0 Å². The molecule has 4 nitrogen and oxygen atoms in total. The molecule has 1 aromatic rings. The first-order valence-electron chi connectivity index (χ1n) is 6.25. The molecule has 4 heteroatoms. The van der Waals surface area contributed by atoms with E-state index in [9.17, 15) is 5.11 Å². The SMILES string of the molecule is CCc1ccc([C@H](C)NC[C@]2(O)CCOC2)o1. The van der Waals surface area contributed by atoms with Gasteiger partial charge in [0.1, 0.15) is 17.1 Å². The first kappa shape index (κ1) is 12.6. The molecule has 1 aromatic heterocycles. The molecule has 1 saturated heterocycles. The number of nitrogens with one attached hydrogen (secondary N) is 1. The minimum absolute atomic E-state index is 0.111. The minimum atomic E-state index is -0.714. The molecule has 2 atom stereocenters. The summed E-state index contributed by atoms with van der Waals surface area (Å²) in [4.78, 5) is 0. The summed E-state index contributed by atoms with van der Waals surface area (Å²) in [6, 6.07) is 4.10. The lowest BCUT2D eigenvalue weighted by Crippen LogP contribution is -2.41. The van der Waals surface area contributed by atoms with E-state index in [1.165, 1.54) is 0 Å². The van der Waals surface area contributed by atoms with Crippen LogP contribution in [0.4, 0.5) is 0 Å². The van der Waals surface area contributed by atoms with Crippen LogP contribution < -0.4 is 5.32 Å². The Morgan fingerprint density at radius 3 is 2.94 bits per heavy atom. The molecule has 0 aliphatic carbocycles. The van der Waals surface area contributed by atoms with Crippen LogP contribution in [-0.4, -0.2) is 30.5 Å². The van der Waals surface area contributed by atoms with E-state index in [1.807, 2.05) is 19.1 Å². The quantitative estimate of drug-likeness (QED) is 0.820. The number of hydrogen-bond donors (Lipinski definition) is 2. The third-order valence-corrected chi connectivity index (χ3v) is 3.28. The van der Waals surface area contributed by atoms with Gasteiger partial charge in [-0.15, -0.1) is 0 Å². The second-order valence-corrected chi connectivity index (χ2v) is 4.79. The second kappa shape index (κ2) is 5.21. The maximum Gasteiger partial charge on any atom is 0.120 e. The van der Waals surface area contributed by atoms with E-state index in [-0.39, 0.29) is 6.04 Å². The Labute approximate surface area is 102 Å². The normalized spacial score (nSPS) is 26.3. The maximum atomic E-state index is 10.1. The molecule has 1 fully saturated rings. The highest BCUT2D eigenvalue weighted by atomic mass is 16.5. The van der Waals surface area contributed by atoms with Gasteiger partial charge in [-0.2, -0.15) is 0 Å². The van der Waals surface area contributed by atoms with Crippen molar-refractivity contribution in [3.63, 3.8) is 0 Å². The highest BCUT2D eigenvalue weighted by molar-refractivity contribution is 5.10. The van der Waals surface area contributed by atoms with Crippen molar-refractivity contribution in [2.45, 2.75) is 38.3 Å². The highest BCUT2D eigenvalue weighted by Gasteiger charge is 2.32. The van der Waals surface area contributed by atoms with Gasteiger partial charge in [-0.05, 0) is 19.1 Å². The zero-order valence-corrected chi connectivity index (χ0v) is 10.5. The van der Waals surface area contributed by atoms with Gasteiger partial charge in [0.2, 0.25) is 0 Å². The van der Waals surface area contributed by atoms with Crippen molar-refractivity contribution in [1.29, 1.82) is 0 Å². The Bertz CT molecular complexity index is 355. The molecular formula is C13H21NO3. The van der Waals surface area contributed by atoms with E-state index in [4.69, 9.17) is 9.15 Å². The fourth-order valence-corrected chi connectivity index (χ4v) is 2.00. The summed E-state index contributed by atoms with van der Waals surface area (Å²) >= 11 is 0. The van der Waals surface area contributed by atoms with Crippen molar-refractivity contribution in [2.24, 2.45) is 0 Å². The topological polar surface area (TPSA) is 54.6 Å². The molecule has 0 unspecified atom stereocenters. The van der Waals surface area contributed by atoms with Crippen LogP contribution in [0.1, 0.15) is 37.8 Å². The van der Waals surface area contributed by atoms with Crippen molar-refractivity contribution < 1.29 is 14.3 Å². The minimum Gasteiger partial charge on any atom is -0.464 e. The molecular weight excluding hydrogens is 218 g/mol. The van der Waals surface area contributed by atoms with Crippen molar-refractivity contribution in [1.82, 2.24) is 5.32 Å². The lowest BCUT2D eigenvalue weighted by molar-refractivity contribution is 0.0247. The fraction of sp³-hybridized carbons (Fsp3) is 0.692. The van der Waals surface area contributed by atoms with Gasteiger partial charge in [-0.25, -0.2) is 0 Å². The number of aliphatic hydroxyl groups is 1. The highest BCUT2D eigenvalue weighted by Crippen LogP contribution is 2.20. The summed E-state index contributed by atoms with van der Waals surface area (Å²) in [6.45, 7) is 5.71. The van der Waals surface area contributed by atoms with Crippen LogP contribution >= 0.6 is 0 Å². The van der Waals surface area contributed by atoms with E-state index in [0.717, 1.165) is 17.9 Å². The molecule has 17 heavy (non-hydrogen) atoms. The Morgan fingerprint density at radius 2 is 2.35 bits per heavy atom. The van der Waals surface area contributed by atoms with Crippen LogP contribution in [0.3, 0.4) is 0 Å². The zero-order chi connectivity index (χ0) is 12.3. The van der Waals surface area contributed by atoms with E-state index in [0.29, 0.717) is 26.2 Å². The van der Waals surface area contributed by atoms with Crippen molar-refractivity contribution in [2.75, 3.05) is 19.8 Å². The Morgan fingerprint density at radius 1 is 1.53 bits per heavy atom. The van der Waals surface area contributed by atoms with Crippen LogP contribution in [0, 0.1) is 0 Å². The number of rotatable bonds is 5. The summed E-state index contributed by atoms with van der Waals surface area (Å²) in [5.74, 6) is 1.92. The molecule has 1 aliphatic heterocycles. The van der Waals surface area contributed by atoms with Gasteiger partial charge in [0, 0.05) is 26.0 Å². The smallest absolute Gasteiger partial charge is 0.120 e. The van der Waals surface area contributed by atoms with Gasteiger partial charge in [0.05, 0.1) is 12.6 Å².